The summed E-state index contributed by atoms with van der Waals surface area (Å²) in [6.07, 6.45) is -2.85. The number of likely N-dealkylation sites (tertiary alicyclic amines) is 1. The Morgan fingerprint density at radius 1 is 1.18 bits per heavy atom. The van der Waals surface area contributed by atoms with Crippen LogP contribution in [0.4, 0.5) is 13.2 Å². The number of aromatic nitrogens is 3. The van der Waals surface area contributed by atoms with Crippen LogP contribution in [0.25, 0.3) is 11.5 Å². The van der Waals surface area contributed by atoms with Gasteiger partial charge in [-0.2, -0.15) is 13.2 Å². The van der Waals surface area contributed by atoms with Crippen molar-refractivity contribution in [2.24, 2.45) is 5.73 Å². The number of aryl methyl sites for hydroxylation is 1. The van der Waals surface area contributed by atoms with E-state index in [0.29, 0.717) is 19.4 Å². The van der Waals surface area contributed by atoms with Gasteiger partial charge in [0, 0.05) is 28.7 Å². The third-order valence-electron chi connectivity index (χ3n) is 6.52. The Hall–Kier alpha value is -3.57. The van der Waals surface area contributed by atoms with Gasteiger partial charge in [-0.15, -0.1) is 21.5 Å². The van der Waals surface area contributed by atoms with Crippen molar-refractivity contribution < 1.29 is 22.4 Å². The van der Waals surface area contributed by atoms with E-state index in [0.717, 1.165) is 34.8 Å². The maximum Gasteiger partial charge on any atom is 0.416 e. The van der Waals surface area contributed by atoms with Crippen molar-refractivity contribution in [3.05, 3.63) is 87.2 Å². The molecule has 2 aromatic carbocycles. The van der Waals surface area contributed by atoms with Crippen molar-refractivity contribution >= 4 is 17.2 Å². The van der Waals surface area contributed by atoms with Gasteiger partial charge in [0.05, 0.1) is 17.1 Å². The van der Waals surface area contributed by atoms with E-state index in [-0.39, 0.29) is 29.0 Å². The number of halogens is 3. The van der Waals surface area contributed by atoms with Crippen molar-refractivity contribution in [2.45, 2.75) is 50.9 Å². The molecule has 0 unspecified atom stereocenters. The van der Waals surface area contributed by atoms with Crippen LogP contribution < -0.4 is 5.73 Å². The van der Waals surface area contributed by atoms with Gasteiger partial charge in [-0.1, -0.05) is 30.3 Å². The number of amides is 1. The lowest BCUT2D eigenvalue weighted by atomic mass is 9.94. The van der Waals surface area contributed by atoms with Gasteiger partial charge in [-0.3, -0.25) is 4.79 Å². The molecule has 7 nitrogen and oxygen atoms in total. The highest BCUT2D eigenvalue weighted by molar-refractivity contribution is 7.09. The van der Waals surface area contributed by atoms with E-state index in [1.165, 1.54) is 17.4 Å². The topological polar surface area (TPSA) is 98.1 Å². The SMILES string of the molecule is Cc1csc([C@H]2CCCN2C(=O)c2cc(-c3nnc([C@@](C)(N)Cc4ccccc4)o3)cc(C(F)(F)F)c2)n1. The van der Waals surface area contributed by atoms with Crippen LogP contribution in [0.5, 0.6) is 0 Å². The minimum Gasteiger partial charge on any atom is -0.419 e. The molecule has 1 aliphatic heterocycles. The summed E-state index contributed by atoms with van der Waals surface area (Å²) in [6, 6.07) is 12.3. The first-order valence-corrected chi connectivity index (χ1v) is 13.0. The molecular formula is C27H26F3N5O2S. The van der Waals surface area contributed by atoms with Crippen LogP contribution in [-0.4, -0.2) is 32.5 Å². The zero-order valence-corrected chi connectivity index (χ0v) is 21.6. The average molecular weight is 542 g/mol. The van der Waals surface area contributed by atoms with E-state index in [9.17, 15) is 18.0 Å². The largest absolute Gasteiger partial charge is 0.419 e. The van der Waals surface area contributed by atoms with Crippen LogP contribution >= 0.6 is 11.3 Å². The molecule has 0 saturated carbocycles. The molecule has 5 rings (SSSR count). The van der Waals surface area contributed by atoms with Crippen molar-refractivity contribution in [1.29, 1.82) is 0 Å². The van der Waals surface area contributed by atoms with E-state index < -0.39 is 23.2 Å². The number of nitrogens with zero attached hydrogens (tertiary/aromatic N) is 4. The lowest BCUT2D eigenvalue weighted by Gasteiger charge is -2.24. The molecule has 1 amide bonds. The highest BCUT2D eigenvalue weighted by Gasteiger charge is 2.36. The summed E-state index contributed by atoms with van der Waals surface area (Å²) in [5.41, 5.74) is 6.11. The summed E-state index contributed by atoms with van der Waals surface area (Å²) in [6.45, 7) is 4.01. The second-order valence-corrected chi connectivity index (χ2v) is 10.7. The average Bonchev–Trinajstić information content (AvgIpc) is 3.64. The van der Waals surface area contributed by atoms with Crippen molar-refractivity contribution in [2.75, 3.05) is 6.54 Å². The fourth-order valence-electron chi connectivity index (χ4n) is 4.66. The number of carbonyl (C=O) groups excluding carboxylic acids is 1. The maximum absolute atomic E-state index is 13.9. The molecule has 0 bridgehead atoms. The first kappa shape index (κ1) is 26.1. The molecule has 0 aliphatic carbocycles. The van der Waals surface area contributed by atoms with Gasteiger partial charge in [-0.25, -0.2) is 4.98 Å². The number of alkyl halides is 3. The Morgan fingerprint density at radius 3 is 2.63 bits per heavy atom. The molecule has 2 aromatic heterocycles. The van der Waals surface area contributed by atoms with Gasteiger partial charge in [0.2, 0.25) is 11.8 Å². The van der Waals surface area contributed by atoms with Gasteiger partial charge in [0.25, 0.3) is 5.91 Å². The molecule has 0 radical (unpaired) electrons. The van der Waals surface area contributed by atoms with Gasteiger partial charge >= 0.3 is 6.18 Å². The van der Waals surface area contributed by atoms with Crippen LogP contribution in [-0.2, 0) is 18.1 Å². The highest BCUT2D eigenvalue weighted by atomic mass is 32.1. The third-order valence-corrected chi connectivity index (χ3v) is 7.58. The van der Waals surface area contributed by atoms with Gasteiger partial charge in [0.15, 0.2) is 0 Å². The molecule has 1 saturated heterocycles. The zero-order chi connectivity index (χ0) is 27.1. The highest BCUT2D eigenvalue weighted by Crippen LogP contribution is 2.38. The van der Waals surface area contributed by atoms with Gasteiger partial charge in [-0.05, 0) is 56.9 Å². The number of hydrogen-bond acceptors (Lipinski definition) is 7. The Bertz CT molecular complexity index is 1450. The van der Waals surface area contributed by atoms with E-state index >= 15 is 0 Å². The molecular weight excluding hydrogens is 515 g/mol. The Kier molecular flexibility index (Phi) is 6.83. The second kappa shape index (κ2) is 9.95. The number of rotatable bonds is 6. The Morgan fingerprint density at radius 2 is 1.95 bits per heavy atom. The van der Waals surface area contributed by atoms with Crippen molar-refractivity contribution in [1.82, 2.24) is 20.1 Å². The van der Waals surface area contributed by atoms with E-state index in [1.807, 2.05) is 42.6 Å². The molecule has 2 N–H and O–H groups in total. The summed E-state index contributed by atoms with van der Waals surface area (Å²) in [5, 5.41) is 10.7. The number of thiazole rings is 1. The van der Waals surface area contributed by atoms with Crippen molar-refractivity contribution in [3.8, 4) is 11.5 Å². The van der Waals surface area contributed by atoms with Crippen LogP contribution in [0.2, 0.25) is 0 Å². The van der Waals surface area contributed by atoms with E-state index in [4.69, 9.17) is 10.2 Å². The number of nitrogens with two attached hydrogens (primary N) is 1. The lowest BCUT2D eigenvalue weighted by Crippen LogP contribution is -2.35. The summed E-state index contributed by atoms with van der Waals surface area (Å²) < 4.78 is 47.4. The lowest BCUT2D eigenvalue weighted by molar-refractivity contribution is -0.137. The first-order valence-electron chi connectivity index (χ1n) is 12.1. The number of benzene rings is 2. The van der Waals surface area contributed by atoms with Crippen LogP contribution in [0, 0.1) is 6.92 Å². The molecule has 2 atom stereocenters. The quantitative estimate of drug-likeness (QED) is 0.326. The molecule has 198 valence electrons. The third kappa shape index (κ3) is 5.34. The van der Waals surface area contributed by atoms with Gasteiger partial charge in [0.1, 0.15) is 5.01 Å². The van der Waals surface area contributed by atoms with Crippen LogP contribution in [0.1, 0.15) is 63.9 Å². The fourth-order valence-corrected chi connectivity index (χ4v) is 5.60. The van der Waals surface area contributed by atoms with Crippen LogP contribution in [0.15, 0.2) is 58.3 Å². The second-order valence-electron chi connectivity index (χ2n) is 9.77. The normalized spacial score (nSPS) is 17.5. The number of carbonyl (C=O) groups is 1. The van der Waals surface area contributed by atoms with Gasteiger partial charge < -0.3 is 15.1 Å². The van der Waals surface area contributed by atoms with E-state index in [1.54, 1.807) is 11.8 Å². The fraction of sp³-hybridized carbons (Fsp3) is 0.333. The minimum atomic E-state index is -4.68. The maximum atomic E-state index is 13.9. The molecule has 11 heteroatoms. The minimum absolute atomic E-state index is 0.00160. The first-order chi connectivity index (χ1) is 18.0. The molecule has 3 heterocycles. The molecule has 4 aromatic rings. The predicted molar refractivity (Wildman–Crippen MR) is 136 cm³/mol. The summed E-state index contributed by atoms with van der Waals surface area (Å²) in [7, 11) is 0. The number of hydrogen-bond donors (Lipinski definition) is 1. The Balaban J connectivity index is 1.48. The smallest absolute Gasteiger partial charge is 0.416 e. The monoisotopic (exact) mass is 541 g/mol. The molecule has 0 spiro atoms. The summed E-state index contributed by atoms with van der Waals surface area (Å²) in [4.78, 5) is 19.6. The molecule has 1 fully saturated rings. The van der Waals surface area contributed by atoms with Crippen molar-refractivity contribution in [3.63, 3.8) is 0 Å². The zero-order valence-electron chi connectivity index (χ0n) is 20.8. The predicted octanol–water partition coefficient (Wildman–Crippen LogP) is 5.91. The summed E-state index contributed by atoms with van der Waals surface area (Å²) in [5.74, 6) is -0.557. The molecule has 1 aliphatic rings. The Labute approximate surface area is 221 Å². The van der Waals surface area contributed by atoms with Crippen LogP contribution in [0.3, 0.4) is 0 Å². The molecule has 38 heavy (non-hydrogen) atoms. The van der Waals surface area contributed by atoms with E-state index in [2.05, 4.69) is 15.2 Å². The summed E-state index contributed by atoms with van der Waals surface area (Å²) >= 11 is 1.45. The standard InChI is InChI=1S/C27H26F3N5O2S/c1-16-15-38-23(32-16)21-9-6-10-35(21)24(36)19-11-18(12-20(13-19)27(28,29)30)22-33-34-25(37-22)26(2,31)14-17-7-4-3-5-8-17/h3-5,7-8,11-13,15,21H,6,9-10,14,31H2,1-2H3/t21-,26+/m1/s1.